The van der Waals surface area contributed by atoms with E-state index in [0.29, 0.717) is 9.33 Å². The fourth-order valence-corrected chi connectivity index (χ4v) is 4.19. The molecule has 1 N–H and O–H groups in total. The zero-order valence-electron chi connectivity index (χ0n) is 12.7. The zero-order valence-corrected chi connectivity index (χ0v) is 15.8. The van der Waals surface area contributed by atoms with Gasteiger partial charge in [0.15, 0.2) is 0 Å². The number of halogens is 3. The van der Waals surface area contributed by atoms with Crippen molar-refractivity contribution in [3.63, 3.8) is 0 Å². The maximum absolute atomic E-state index is 12.9. The number of ether oxygens (including phenoxy) is 1. The maximum Gasteiger partial charge on any atom is 0.324 e. The van der Waals surface area contributed by atoms with E-state index in [1.165, 1.54) is 43.5 Å². The molecule has 2 aromatic carbocycles. The minimum atomic E-state index is -4.22. The monoisotopic (exact) mass is 423 g/mol. The van der Waals surface area contributed by atoms with Gasteiger partial charge in [-0.1, -0.05) is 34.8 Å². The van der Waals surface area contributed by atoms with E-state index in [1.54, 1.807) is 0 Å². The van der Waals surface area contributed by atoms with Gasteiger partial charge in [-0.15, -0.1) is 0 Å². The summed E-state index contributed by atoms with van der Waals surface area (Å²) >= 11 is 17.8. The average molecular weight is 425 g/mol. The van der Waals surface area contributed by atoms with E-state index in [1.807, 2.05) is 0 Å². The van der Waals surface area contributed by atoms with Gasteiger partial charge in [-0.25, -0.2) is 8.42 Å². The van der Waals surface area contributed by atoms with Crippen molar-refractivity contribution in [1.82, 2.24) is 0 Å². The van der Waals surface area contributed by atoms with Crippen molar-refractivity contribution < 1.29 is 23.1 Å². The molecule has 134 valence electrons. The molecule has 0 amide bonds. The van der Waals surface area contributed by atoms with Crippen molar-refractivity contribution in [2.45, 2.75) is 4.90 Å². The lowest BCUT2D eigenvalue weighted by Gasteiger charge is -2.24. The summed E-state index contributed by atoms with van der Waals surface area (Å²) in [5.41, 5.74) is -0.0692. The van der Waals surface area contributed by atoms with E-state index < -0.39 is 22.5 Å². The quantitative estimate of drug-likeness (QED) is 0.759. The van der Waals surface area contributed by atoms with Crippen LogP contribution < -0.4 is 9.04 Å². The molecule has 10 heteroatoms. The molecule has 0 radical (unpaired) electrons. The maximum atomic E-state index is 12.9. The number of carboxylic acid groups (broad SMARTS) is 1. The molecule has 0 bridgehead atoms. The van der Waals surface area contributed by atoms with Crippen LogP contribution in [0.15, 0.2) is 41.3 Å². The first-order valence-corrected chi connectivity index (χ1v) is 9.27. The van der Waals surface area contributed by atoms with Crippen LogP contribution in [0.4, 0.5) is 5.69 Å². The normalized spacial score (nSPS) is 11.2. The van der Waals surface area contributed by atoms with Crippen LogP contribution in [0.3, 0.4) is 0 Å². The molecular formula is C15H12Cl3NO5S. The van der Waals surface area contributed by atoms with Crippen LogP contribution in [0, 0.1) is 0 Å². The molecule has 2 rings (SSSR count). The molecule has 0 unspecified atom stereocenters. The predicted molar refractivity (Wildman–Crippen MR) is 96.6 cm³/mol. The van der Waals surface area contributed by atoms with Crippen LogP contribution in [-0.4, -0.2) is 33.1 Å². The molecule has 6 nitrogen and oxygen atoms in total. The van der Waals surface area contributed by atoms with E-state index >= 15 is 0 Å². The Morgan fingerprint density at radius 3 is 2.24 bits per heavy atom. The number of hydrogen-bond donors (Lipinski definition) is 1. The van der Waals surface area contributed by atoms with Gasteiger partial charge in [-0.2, -0.15) is 0 Å². The number of sulfonamides is 1. The molecule has 0 aliphatic rings. The number of carbonyl (C=O) groups is 1. The van der Waals surface area contributed by atoms with E-state index in [4.69, 9.17) is 44.6 Å². The van der Waals surface area contributed by atoms with Crippen LogP contribution in [0.5, 0.6) is 5.75 Å². The van der Waals surface area contributed by atoms with Crippen molar-refractivity contribution >= 4 is 56.5 Å². The summed E-state index contributed by atoms with van der Waals surface area (Å²) in [5.74, 6) is -1.20. The van der Waals surface area contributed by atoms with Crippen LogP contribution in [0.25, 0.3) is 0 Å². The van der Waals surface area contributed by atoms with E-state index in [0.717, 1.165) is 0 Å². The van der Waals surface area contributed by atoms with Gasteiger partial charge in [0.05, 0.1) is 27.7 Å². The highest BCUT2D eigenvalue weighted by atomic mass is 35.5. The third-order valence-corrected chi connectivity index (χ3v) is 5.79. The van der Waals surface area contributed by atoms with Crippen LogP contribution in [-0.2, 0) is 14.8 Å². The SMILES string of the molecule is COc1cc(N(CC(=O)O)S(=O)(=O)c2ccc(Cl)cc2)c(Cl)cc1Cl. The van der Waals surface area contributed by atoms with Crippen molar-refractivity contribution in [2.75, 3.05) is 18.0 Å². The Morgan fingerprint density at radius 1 is 1.12 bits per heavy atom. The Labute approximate surface area is 159 Å². The summed E-state index contributed by atoms with van der Waals surface area (Å²) in [6, 6.07) is 7.86. The lowest BCUT2D eigenvalue weighted by molar-refractivity contribution is -0.135. The second-order valence-corrected chi connectivity index (χ2v) is 7.91. The Hall–Kier alpha value is -1.67. The fourth-order valence-electron chi connectivity index (χ4n) is 2.02. The molecule has 0 saturated heterocycles. The number of benzene rings is 2. The Kier molecular flexibility index (Phi) is 6.05. The molecule has 0 aliphatic heterocycles. The molecule has 2 aromatic rings. The van der Waals surface area contributed by atoms with E-state index in [2.05, 4.69) is 0 Å². The summed E-state index contributed by atoms with van der Waals surface area (Å²) < 4.78 is 31.5. The van der Waals surface area contributed by atoms with Gasteiger partial charge < -0.3 is 9.84 Å². The predicted octanol–water partition coefficient (Wildman–Crippen LogP) is 3.94. The van der Waals surface area contributed by atoms with E-state index in [-0.39, 0.29) is 26.4 Å². The number of carboxylic acids is 1. The molecular weight excluding hydrogens is 413 g/mol. The summed E-state index contributed by atoms with van der Waals surface area (Å²) in [6.07, 6.45) is 0. The summed E-state index contributed by atoms with van der Waals surface area (Å²) in [6.45, 7) is -0.838. The highest BCUT2D eigenvalue weighted by Gasteiger charge is 2.29. The van der Waals surface area contributed by atoms with Crippen molar-refractivity contribution in [1.29, 1.82) is 0 Å². The van der Waals surface area contributed by atoms with Crippen LogP contribution in [0.2, 0.25) is 15.1 Å². The standard InChI is InChI=1S/C15H12Cl3NO5S/c1-24-14-7-13(11(17)6-12(14)18)19(8-15(20)21)25(22,23)10-4-2-9(16)3-5-10/h2-7H,8H2,1H3,(H,20,21). The molecule has 0 aromatic heterocycles. The average Bonchev–Trinajstić information content (AvgIpc) is 2.53. The summed E-state index contributed by atoms with van der Waals surface area (Å²) in [7, 11) is -2.87. The van der Waals surface area contributed by atoms with Crippen molar-refractivity contribution in [3.05, 3.63) is 51.5 Å². The van der Waals surface area contributed by atoms with Crippen molar-refractivity contribution in [3.8, 4) is 5.75 Å². The third kappa shape index (κ3) is 4.30. The topological polar surface area (TPSA) is 83.9 Å². The molecule has 0 heterocycles. The Balaban J connectivity index is 2.64. The minimum Gasteiger partial charge on any atom is -0.495 e. The highest BCUT2D eigenvalue weighted by Crippen LogP contribution is 2.38. The Bertz CT molecular complexity index is 900. The smallest absolute Gasteiger partial charge is 0.324 e. The van der Waals surface area contributed by atoms with Gasteiger partial charge in [-0.05, 0) is 30.3 Å². The van der Waals surface area contributed by atoms with Gasteiger partial charge in [-0.3, -0.25) is 9.10 Å². The molecule has 0 aliphatic carbocycles. The summed E-state index contributed by atoms with van der Waals surface area (Å²) in [4.78, 5) is 11.1. The van der Waals surface area contributed by atoms with Gasteiger partial charge in [0.1, 0.15) is 12.3 Å². The Morgan fingerprint density at radius 2 is 1.72 bits per heavy atom. The van der Waals surface area contributed by atoms with Gasteiger partial charge in [0.2, 0.25) is 0 Å². The first kappa shape index (κ1) is 19.7. The van der Waals surface area contributed by atoms with Gasteiger partial charge in [0, 0.05) is 11.1 Å². The zero-order chi connectivity index (χ0) is 18.8. The van der Waals surface area contributed by atoms with E-state index in [9.17, 15) is 13.2 Å². The minimum absolute atomic E-state index is 0.0374. The molecule has 25 heavy (non-hydrogen) atoms. The fraction of sp³-hybridized carbons (Fsp3) is 0.133. The number of rotatable bonds is 6. The highest BCUT2D eigenvalue weighted by molar-refractivity contribution is 7.92. The van der Waals surface area contributed by atoms with Crippen molar-refractivity contribution in [2.24, 2.45) is 0 Å². The molecule has 0 fully saturated rings. The summed E-state index contributed by atoms with van der Waals surface area (Å²) in [5, 5.41) is 9.61. The largest absolute Gasteiger partial charge is 0.495 e. The molecule has 0 saturated carbocycles. The lowest BCUT2D eigenvalue weighted by Crippen LogP contribution is -2.36. The van der Waals surface area contributed by atoms with Crippen LogP contribution >= 0.6 is 34.8 Å². The van der Waals surface area contributed by atoms with Gasteiger partial charge >= 0.3 is 5.97 Å². The number of aliphatic carboxylic acids is 1. The van der Waals surface area contributed by atoms with Gasteiger partial charge in [0.25, 0.3) is 10.0 Å². The number of nitrogens with zero attached hydrogens (tertiary/aromatic N) is 1. The second-order valence-electron chi connectivity index (χ2n) is 4.80. The first-order valence-electron chi connectivity index (χ1n) is 6.70. The number of methoxy groups -OCH3 is 1. The first-order chi connectivity index (χ1) is 11.7. The second kappa shape index (κ2) is 7.70. The number of anilines is 1. The number of hydrogen-bond acceptors (Lipinski definition) is 4. The lowest BCUT2D eigenvalue weighted by atomic mass is 10.3. The van der Waals surface area contributed by atoms with Crippen LogP contribution in [0.1, 0.15) is 0 Å². The third-order valence-electron chi connectivity index (χ3n) is 3.17. The molecule has 0 atom stereocenters. The molecule has 0 spiro atoms.